The molecule has 0 saturated heterocycles. The van der Waals surface area contributed by atoms with E-state index in [0.717, 1.165) is 17.8 Å². The number of thiophene rings is 1. The van der Waals surface area contributed by atoms with Crippen LogP contribution >= 0.6 is 11.3 Å². The van der Waals surface area contributed by atoms with Crippen LogP contribution in [0.5, 0.6) is 0 Å². The number of likely N-dealkylation sites (N-methyl/N-ethyl adjacent to an activating group) is 1. The normalized spacial score (nSPS) is 11.7. The van der Waals surface area contributed by atoms with E-state index in [-0.39, 0.29) is 16.6 Å². The van der Waals surface area contributed by atoms with Gasteiger partial charge in [0.15, 0.2) is 0 Å². The molecule has 0 bridgehead atoms. The molecule has 0 fully saturated rings. The van der Waals surface area contributed by atoms with Crippen LogP contribution in [0.15, 0.2) is 40.6 Å². The van der Waals surface area contributed by atoms with E-state index in [1.807, 2.05) is 13.1 Å². The van der Waals surface area contributed by atoms with Crippen molar-refractivity contribution in [2.75, 3.05) is 13.6 Å². The van der Waals surface area contributed by atoms with Crippen molar-refractivity contribution < 1.29 is 12.8 Å². The number of hydrogen-bond donors (Lipinski definition) is 2. The van der Waals surface area contributed by atoms with Crippen LogP contribution in [0.4, 0.5) is 4.39 Å². The summed E-state index contributed by atoms with van der Waals surface area (Å²) in [6.45, 7) is 0.876. The lowest BCUT2D eigenvalue weighted by molar-refractivity contribution is 0.582. The average molecular weight is 328 g/mol. The summed E-state index contributed by atoms with van der Waals surface area (Å²) in [5.41, 5.74) is 0.588. The van der Waals surface area contributed by atoms with Gasteiger partial charge in [-0.3, -0.25) is 0 Å². The molecule has 2 N–H and O–H groups in total. The van der Waals surface area contributed by atoms with Crippen LogP contribution < -0.4 is 10.0 Å². The first kappa shape index (κ1) is 16.1. The van der Waals surface area contributed by atoms with Crippen LogP contribution in [-0.2, 0) is 23.0 Å². The van der Waals surface area contributed by atoms with Gasteiger partial charge < -0.3 is 5.32 Å². The molecule has 0 aliphatic rings. The van der Waals surface area contributed by atoms with E-state index in [1.54, 1.807) is 18.2 Å². The van der Waals surface area contributed by atoms with Gasteiger partial charge in [0.05, 0.1) is 0 Å². The Labute approximate surface area is 128 Å². The van der Waals surface area contributed by atoms with Crippen LogP contribution in [0.25, 0.3) is 0 Å². The van der Waals surface area contributed by atoms with Gasteiger partial charge in [0, 0.05) is 11.4 Å². The van der Waals surface area contributed by atoms with E-state index >= 15 is 0 Å². The molecule has 0 atom stereocenters. The van der Waals surface area contributed by atoms with Crippen LogP contribution in [0.1, 0.15) is 10.4 Å². The molecule has 0 amide bonds. The third-order valence-electron chi connectivity index (χ3n) is 2.88. The number of benzene rings is 1. The molecule has 1 aromatic carbocycles. The zero-order chi connectivity index (χ0) is 15.3. The highest BCUT2D eigenvalue weighted by Gasteiger charge is 2.16. The molecule has 0 unspecified atom stereocenters. The Kier molecular flexibility index (Phi) is 5.46. The van der Waals surface area contributed by atoms with Crippen LogP contribution in [0.3, 0.4) is 0 Å². The molecular formula is C14H17FN2O2S2. The summed E-state index contributed by atoms with van der Waals surface area (Å²) in [6, 6.07) is 9.29. The van der Waals surface area contributed by atoms with Crippen molar-refractivity contribution in [1.82, 2.24) is 10.0 Å². The van der Waals surface area contributed by atoms with Crippen molar-refractivity contribution in [3.63, 3.8) is 0 Å². The smallest absolute Gasteiger partial charge is 0.250 e. The first-order valence-electron chi connectivity index (χ1n) is 6.49. The Balaban J connectivity index is 2.02. The summed E-state index contributed by atoms with van der Waals surface area (Å²) < 4.78 is 40.2. The third kappa shape index (κ3) is 4.60. The molecule has 7 heteroatoms. The lowest BCUT2D eigenvalue weighted by Crippen LogP contribution is -2.22. The fourth-order valence-corrected chi connectivity index (χ4v) is 4.20. The van der Waals surface area contributed by atoms with Gasteiger partial charge in [-0.05, 0) is 49.8 Å². The maximum Gasteiger partial charge on any atom is 0.250 e. The minimum absolute atomic E-state index is 0.0733. The van der Waals surface area contributed by atoms with Crippen LogP contribution in [0.2, 0.25) is 0 Å². The molecule has 0 aliphatic carbocycles. The van der Waals surface area contributed by atoms with Gasteiger partial charge >= 0.3 is 0 Å². The van der Waals surface area contributed by atoms with Crippen molar-refractivity contribution in [3.8, 4) is 0 Å². The molecule has 0 aliphatic heterocycles. The molecule has 0 radical (unpaired) electrons. The molecule has 4 nitrogen and oxygen atoms in total. The van der Waals surface area contributed by atoms with E-state index in [2.05, 4.69) is 10.0 Å². The second kappa shape index (κ2) is 7.13. The maximum absolute atomic E-state index is 13.1. The molecular weight excluding hydrogens is 311 g/mol. The summed E-state index contributed by atoms with van der Waals surface area (Å²) in [5.74, 6) is -0.378. The zero-order valence-electron chi connectivity index (χ0n) is 11.6. The number of sulfonamides is 1. The maximum atomic E-state index is 13.1. The van der Waals surface area contributed by atoms with E-state index < -0.39 is 10.0 Å². The first-order chi connectivity index (χ1) is 10.0. The highest BCUT2D eigenvalue weighted by molar-refractivity contribution is 7.91. The summed E-state index contributed by atoms with van der Waals surface area (Å²) in [7, 11) is -1.70. The largest absolute Gasteiger partial charge is 0.319 e. The highest BCUT2D eigenvalue weighted by atomic mass is 32.2. The Morgan fingerprint density at radius 3 is 2.76 bits per heavy atom. The van der Waals surface area contributed by atoms with Gasteiger partial charge in [0.1, 0.15) is 10.0 Å². The number of nitrogens with one attached hydrogen (secondary N) is 2. The van der Waals surface area contributed by atoms with Gasteiger partial charge in [-0.1, -0.05) is 12.1 Å². The Hall–Kier alpha value is -1.28. The summed E-state index contributed by atoms with van der Waals surface area (Å²) in [5, 5.41) is 3.02. The average Bonchev–Trinajstić information content (AvgIpc) is 2.93. The van der Waals surface area contributed by atoms with Crippen molar-refractivity contribution >= 4 is 21.4 Å². The fourth-order valence-electron chi connectivity index (χ4n) is 1.78. The van der Waals surface area contributed by atoms with Gasteiger partial charge in [-0.2, -0.15) is 0 Å². The molecule has 21 heavy (non-hydrogen) atoms. The Morgan fingerprint density at radius 2 is 2.05 bits per heavy atom. The zero-order valence-corrected chi connectivity index (χ0v) is 13.2. The van der Waals surface area contributed by atoms with E-state index in [9.17, 15) is 12.8 Å². The van der Waals surface area contributed by atoms with Crippen LogP contribution in [0, 0.1) is 5.82 Å². The Morgan fingerprint density at radius 1 is 1.24 bits per heavy atom. The second-order valence-electron chi connectivity index (χ2n) is 4.53. The molecule has 1 aromatic heterocycles. The summed E-state index contributed by atoms with van der Waals surface area (Å²) >= 11 is 1.25. The molecule has 114 valence electrons. The molecule has 0 spiro atoms. The molecule has 2 aromatic rings. The van der Waals surface area contributed by atoms with Crippen molar-refractivity contribution in [2.24, 2.45) is 0 Å². The highest BCUT2D eigenvalue weighted by Crippen LogP contribution is 2.22. The summed E-state index contributed by atoms with van der Waals surface area (Å²) in [4.78, 5) is 1.01. The quantitative estimate of drug-likeness (QED) is 0.818. The minimum atomic E-state index is -3.55. The SMILES string of the molecule is CNCCc1ccc(S(=O)(=O)NCc2cccc(F)c2)s1. The van der Waals surface area contributed by atoms with E-state index in [1.165, 1.54) is 23.5 Å². The van der Waals surface area contributed by atoms with Gasteiger partial charge in [0.25, 0.3) is 0 Å². The number of rotatable bonds is 7. The predicted molar refractivity (Wildman–Crippen MR) is 82.4 cm³/mol. The monoisotopic (exact) mass is 328 g/mol. The van der Waals surface area contributed by atoms with Crippen molar-refractivity contribution in [3.05, 3.63) is 52.7 Å². The number of halogens is 1. The van der Waals surface area contributed by atoms with Crippen LogP contribution in [-0.4, -0.2) is 22.0 Å². The lowest BCUT2D eigenvalue weighted by Gasteiger charge is -2.05. The Bertz CT molecular complexity index is 699. The van der Waals surface area contributed by atoms with E-state index in [0.29, 0.717) is 5.56 Å². The topological polar surface area (TPSA) is 58.2 Å². The molecule has 0 saturated carbocycles. The second-order valence-corrected chi connectivity index (χ2v) is 7.69. The van der Waals surface area contributed by atoms with E-state index in [4.69, 9.17) is 0 Å². The van der Waals surface area contributed by atoms with Gasteiger partial charge in [-0.25, -0.2) is 17.5 Å². The minimum Gasteiger partial charge on any atom is -0.319 e. The molecule has 2 rings (SSSR count). The van der Waals surface area contributed by atoms with Crippen molar-refractivity contribution in [1.29, 1.82) is 0 Å². The molecule has 1 heterocycles. The lowest BCUT2D eigenvalue weighted by atomic mass is 10.2. The number of hydrogen-bond acceptors (Lipinski definition) is 4. The summed E-state index contributed by atoms with van der Waals surface area (Å²) in [6.07, 6.45) is 0.792. The van der Waals surface area contributed by atoms with Gasteiger partial charge in [0.2, 0.25) is 10.0 Å². The standard InChI is InChI=1S/C14H17FN2O2S2/c1-16-8-7-13-5-6-14(20-13)21(18,19)17-10-11-3-2-4-12(15)9-11/h2-6,9,16-17H,7-8,10H2,1H3. The van der Waals surface area contributed by atoms with Gasteiger partial charge in [-0.15, -0.1) is 11.3 Å². The third-order valence-corrected chi connectivity index (χ3v) is 5.92. The van der Waals surface area contributed by atoms with Crippen molar-refractivity contribution in [2.45, 2.75) is 17.2 Å². The first-order valence-corrected chi connectivity index (χ1v) is 8.78. The predicted octanol–water partition coefficient (Wildman–Crippen LogP) is 2.13. The fraction of sp³-hybridized carbons (Fsp3) is 0.286.